The molecule has 0 saturated heterocycles. The largest absolute Gasteiger partial charge is 0.492 e. The minimum Gasteiger partial charge on any atom is -0.492 e. The second-order valence-corrected chi connectivity index (χ2v) is 6.72. The summed E-state index contributed by atoms with van der Waals surface area (Å²) in [6.07, 6.45) is 0. The van der Waals surface area contributed by atoms with Crippen LogP contribution >= 0.6 is 11.6 Å². The Balaban J connectivity index is 1.46. The van der Waals surface area contributed by atoms with Crippen LogP contribution in [0.1, 0.15) is 21.5 Å². The molecule has 0 radical (unpaired) electrons. The lowest BCUT2D eigenvalue weighted by Gasteiger charge is -2.10. The first-order valence-electron chi connectivity index (χ1n) is 9.06. The predicted molar refractivity (Wildman–Crippen MR) is 111 cm³/mol. The molecule has 1 N–H and O–H groups in total. The van der Waals surface area contributed by atoms with Crippen LogP contribution in [0.5, 0.6) is 11.5 Å². The Hall–Kier alpha value is -2.98. The normalized spacial score (nSPS) is 10.4. The molecule has 1 amide bonds. The summed E-state index contributed by atoms with van der Waals surface area (Å²) in [5.41, 5.74) is 2.62. The maximum atomic E-state index is 12.3. The summed E-state index contributed by atoms with van der Waals surface area (Å²) >= 11 is 6.08. The first kappa shape index (κ1) is 19.8. The fraction of sp³-hybridized carbons (Fsp3) is 0.174. The molecule has 0 saturated carbocycles. The number of carbonyl (C=O) groups is 1. The SMILES string of the molecule is Cc1ccc(OCCNC(=O)c2cccc(OCc3ccccc3)c2)cc1Cl. The van der Waals surface area contributed by atoms with Gasteiger partial charge >= 0.3 is 0 Å². The van der Waals surface area contributed by atoms with Crippen molar-refractivity contribution in [3.63, 3.8) is 0 Å². The summed E-state index contributed by atoms with van der Waals surface area (Å²) in [4.78, 5) is 12.3. The number of nitrogens with one attached hydrogen (secondary N) is 1. The molecule has 0 heterocycles. The van der Waals surface area contributed by atoms with Crippen LogP contribution in [-0.4, -0.2) is 19.1 Å². The Labute approximate surface area is 170 Å². The zero-order valence-electron chi connectivity index (χ0n) is 15.7. The van der Waals surface area contributed by atoms with Crippen LogP contribution in [0.2, 0.25) is 5.02 Å². The summed E-state index contributed by atoms with van der Waals surface area (Å²) in [6, 6.07) is 22.6. The third kappa shape index (κ3) is 5.76. The summed E-state index contributed by atoms with van der Waals surface area (Å²) in [6.45, 7) is 3.14. The second-order valence-electron chi connectivity index (χ2n) is 6.32. The van der Waals surface area contributed by atoms with E-state index in [1.807, 2.05) is 55.5 Å². The van der Waals surface area contributed by atoms with Crippen LogP contribution in [0.25, 0.3) is 0 Å². The molecule has 28 heavy (non-hydrogen) atoms. The molecule has 0 aromatic heterocycles. The summed E-state index contributed by atoms with van der Waals surface area (Å²) in [5.74, 6) is 1.17. The van der Waals surface area contributed by atoms with Crippen molar-refractivity contribution in [2.24, 2.45) is 0 Å². The summed E-state index contributed by atoms with van der Waals surface area (Å²) in [5, 5.41) is 3.50. The Morgan fingerprint density at radius 2 is 1.71 bits per heavy atom. The topological polar surface area (TPSA) is 47.6 Å². The third-order valence-electron chi connectivity index (χ3n) is 4.14. The van der Waals surface area contributed by atoms with Gasteiger partial charge in [-0.2, -0.15) is 0 Å². The lowest BCUT2D eigenvalue weighted by molar-refractivity contribution is 0.0946. The van der Waals surface area contributed by atoms with Gasteiger partial charge in [0.25, 0.3) is 5.91 Å². The van der Waals surface area contributed by atoms with E-state index in [1.54, 1.807) is 24.3 Å². The highest BCUT2D eigenvalue weighted by molar-refractivity contribution is 6.31. The molecule has 0 fully saturated rings. The molecule has 0 unspecified atom stereocenters. The second kappa shape index (κ2) is 9.81. The third-order valence-corrected chi connectivity index (χ3v) is 4.55. The summed E-state index contributed by atoms with van der Waals surface area (Å²) < 4.78 is 11.4. The van der Waals surface area contributed by atoms with Gasteiger partial charge in [-0.25, -0.2) is 0 Å². The Morgan fingerprint density at radius 3 is 2.50 bits per heavy atom. The quantitative estimate of drug-likeness (QED) is 0.544. The van der Waals surface area contributed by atoms with Crippen LogP contribution in [0.15, 0.2) is 72.8 Å². The molecule has 0 spiro atoms. The van der Waals surface area contributed by atoms with Crippen molar-refractivity contribution in [2.45, 2.75) is 13.5 Å². The number of amides is 1. The number of aryl methyl sites for hydroxylation is 1. The monoisotopic (exact) mass is 395 g/mol. The van der Waals surface area contributed by atoms with E-state index in [-0.39, 0.29) is 5.91 Å². The van der Waals surface area contributed by atoms with E-state index < -0.39 is 0 Å². The molecule has 0 aliphatic heterocycles. The number of benzene rings is 3. The van der Waals surface area contributed by atoms with Gasteiger partial charge < -0.3 is 14.8 Å². The van der Waals surface area contributed by atoms with E-state index in [9.17, 15) is 4.79 Å². The van der Waals surface area contributed by atoms with Crippen LogP contribution in [-0.2, 0) is 6.61 Å². The van der Waals surface area contributed by atoms with E-state index in [2.05, 4.69) is 5.32 Å². The van der Waals surface area contributed by atoms with E-state index in [0.717, 1.165) is 11.1 Å². The van der Waals surface area contributed by atoms with Crippen LogP contribution in [0.3, 0.4) is 0 Å². The van der Waals surface area contributed by atoms with Crippen molar-refractivity contribution in [1.82, 2.24) is 5.32 Å². The molecule has 144 valence electrons. The molecule has 0 aliphatic rings. The van der Waals surface area contributed by atoms with Gasteiger partial charge in [-0.15, -0.1) is 0 Å². The minimum absolute atomic E-state index is 0.171. The molecular weight excluding hydrogens is 374 g/mol. The van der Waals surface area contributed by atoms with E-state index in [1.165, 1.54) is 0 Å². The highest BCUT2D eigenvalue weighted by atomic mass is 35.5. The molecule has 0 bridgehead atoms. The van der Waals surface area contributed by atoms with Crippen molar-refractivity contribution in [3.8, 4) is 11.5 Å². The highest BCUT2D eigenvalue weighted by Gasteiger charge is 2.07. The van der Waals surface area contributed by atoms with Gasteiger partial charge in [0.1, 0.15) is 24.7 Å². The standard InChI is InChI=1S/C23H22ClNO3/c1-17-10-11-21(15-22(17)24)27-13-12-25-23(26)19-8-5-9-20(14-19)28-16-18-6-3-2-4-7-18/h2-11,14-15H,12-13,16H2,1H3,(H,25,26). The molecule has 0 aliphatic carbocycles. The van der Waals surface area contributed by atoms with Crippen molar-refractivity contribution in [1.29, 1.82) is 0 Å². The lowest BCUT2D eigenvalue weighted by atomic mass is 10.2. The zero-order chi connectivity index (χ0) is 19.8. The van der Waals surface area contributed by atoms with Crippen molar-refractivity contribution in [2.75, 3.05) is 13.2 Å². The molecule has 5 heteroatoms. The predicted octanol–water partition coefficient (Wildman–Crippen LogP) is 5.04. The average Bonchev–Trinajstić information content (AvgIpc) is 2.73. The fourth-order valence-corrected chi connectivity index (χ4v) is 2.74. The first-order valence-corrected chi connectivity index (χ1v) is 9.43. The van der Waals surface area contributed by atoms with Crippen LogP contribution in [0.4, 0.5) is 0 Å². The first-order chi connectivity index (χ1) is 13.6. The smallest absolute Gasteiger partial charge is 0.251 e. The number of hydrogen-bond acceptors (Lipinski definition) is 3. The Kier molecular flexibility index (Phi) is 6.93. The van der Waals surface area contributed by atoms with Crippen LogP contribution < -0.4 is 14.8 Å². The maximum Gasteiger partial charge on any atom is 0.251 e. The molecule has 3 rings (SSSR count). The van der Waals surface area contributed by atoms with Crippen molar-refractivity contribution in [3.05, 3.63) is 94.5 Å². The summed E-state index contributed by atoms with van der Waals surface area (Å²) in [7, 11) is 0. The Bertz CT molecular complexity index is 928. The van der Waals surface area contributed by atoms with Crippen LogP contribution in [0, 0.1) is 6.92 Å². The molecular formula is C23H22ClNO3. The fourth-order valence-electron chi connectivity index (χ4n) is 2.57. The number of ether oxygens (including phenoxy) is 2. The van der Waals surface area contributed by atoms with Gasteiger partial charge in [0.2, 0.25) is 0 Å². The number of halogens is 1. The molecule has 0 atom stereocenters. The lowest BCUT2D eigenvalue weighted by Crippen LogP contribution is -2.28. The van der Waals surface area contributed by atoms with Gasteiger partial charge in [-0.1, -0.05) is 54.1 Å². The zero-order valence-corrected chi connectivity index (χ0v) is 16.4. The molecule has 4 nitrogen and oxygen atoms in total. The highest BCUT2D eigenvalue weighted by Crippen LogP contribution is 2.21. The Morgan fingerprint density at radius 1 is 0.929 bits per heavy atom. The number of carbonyl (C=O) groups excluding carboxylic acids is 1. The molecule has 3 aromatic carbocycles. The van der Waals surface area contributed by atoms with Gasteiger partial charge in [0.05, 0.1) is 6.54 Å². The van der Waals surface area contributed by atoms with Gasteiger partial charge in [-0.3, -0.25) is 4.79 Å². The van der Waals surface area contributed by atoms with Crippen molar-refractivity contribution < 1.29 is 14.3 Å². The number of rotatable bonds is 8. The van der Waals surface area contributed by atoms with E-state index in [0.29, 0.717) is 41.8 Å². The van der Waals surface area contributed by atoms with E-state index in [4.69, 9.17) is 21.1 Å². The average molecular weight is 396 g/mol. The minimum atomic E-state index is -0.171. The molecule has 3 aromatic rings. The number of hydrogen-bond donors (Lipinski definition) is 1. The van der Waals surface area contributed by atoms with Gasteiger partial charge in [0, 0.05) is 10.6 Å². The van der Waals surface area contributed by atoms with Crippen molar-refractivity contribution >= 4 is 17.5 Å². The van der Waals surface area contributed by atoms with E-state index >= 15 is 0 Å². The maximum absolute atomic E-state index is 12.3. The van der Waals surface area contributed by atoms with Gasteiger partial charge in [-0.05, 0) is 48.4 Å². The van der Waals surface area contributed by atoms with Gasteiger partial charge in [0.15, 0.2) is 0 Å².